The van der Waals surface area contributed by atoms with Gasteiger partial charge in [0.2, 0.25) is 0 Å². The van der Waals surface area contributed by atoms with E-state index < -0.39 is 5.91 Å². The standard InChI is InChI=1S/C20H30N6O2/c1-2-13-25(14-12-19-21-24-26(22-19)18-4-3-5-18)15-17-8-6-16(7-9-17)10-11-20(27)23-28/h6-11,18,24,28H,2-5,12-15H2,1H3,(H,21,22)(H,23,27)/b11-10+. The lowest BCUT2D eigenvalue weighted by Crippen LogP contribution is -2.51. The third kappa shape index (κ3) is 5.79. The van der Waals surface area contributed by atoms with E-state index in [0.29, 0.717) is 6.04 Å². The average molecular weight is 387 g/mol. The second-order valence-electron chi connectivity index (χ2n) is 7.30. The van der Waals surface area contributed by atoms with Crippen LogP contribution in [0.25, 0.3) is 6.08 Å². The predicted octanol–water partition coefficient (Wildman–Crippen LogP) is 2.00. The Hall–Kier alpha value is -2.42. The molecule has 0 unspecified atom stereocenters. The molecule has 4 N–H and O–H groups in total. The van der Waals surface area contributed by atoms with Crippen molar-refractivity contribution < 1.29 is 10.0 Å². The largest absolute Gasteiger partial charge is 0.299 e. The first-order valence-electron chi connectivity index (χ1n) is 9.99. The number of carbonyl (C=O) groups excluding carboxylic acids is 1. The van der Waals surface area contributed by atoms with Gasteiger partial charge in [0.05, 0.1) is 6.04 Å². The van der Waals surface area contributed by atoms with Crippen LogP contribution in [0.3, 0.4) is 0 Å². The normalized spacial score (nSPS) is 17.3. The summed E-state index contributed by atoms with van der Waals surface area (Å²) in [5.74, 6) is 0.461. The van der Waals surface area contributed by atoms with Crippen LogP contribution in [-0.2, 0) is 11.3 Å². The molecule has 152 valence electrons. The van der Waals surface area contributed by atoms with Crippen LogP contribution in [0.1, 0.15) is 50.2 Å². The zero-order chi connectivity index (χ0) is 19.8. The number of rotatable bonds is 10. The van der Waals surface area contributed by atoms with Gasteiger partial charge in [0.25, 0.3) is 5.91 Å². The second kappa shape index (κ2) is 10.2. The number of amidine groups is 1. The number of hydroxylamine groups is 1. The molecule has 0 radical (unpaired) electrons. The van der Waals surface area contributed by atoms with Crippen molar-refractivity contribution in [2.45, 2.75) is 51.6 Å². The Bertz CT molecular complexity index is 699. The first-order chi connectivity index (χ1) is 13.7. The van der Waals surface area contributed by atoms with E-state index in [1.807, 2.05) is 17.3 Å². The topological polar surface area (TPSA) is 92.2 Å². The SMILES string of the molecule is CCCN(CCC1=NNN(C2CCC2)N1)Cc1ccc(/C=C/C(=O)NO)cc1. The lowest BCUT2D eigenvalue weighted by molar-refractivity contribution is -0.124. The van der Waals surface area contributed by atoms with Crippen molar-refractivity contribution in [2.75, 3.05) is 13.1 Å². The van der Waals surface area contributed by atoms with E-state index in [0.717, 1.165) is 43.9 Å². The number of hydrazine groups is 2. The molecule has 1 saturated carbocycles. The maximum absolute atomic E-state index is 11.1. The fourth-order valence-corrected chi connectivity index (χ4v) is 3.28. The van der Waals surface area contributed by atoms with E-state index >= 15 is 0 Å². The number of hydrogen-bond acceptors (Lipinski definition) is 7. The molecule has 8 nitrogen and oxygen atoms in total. The smallest absolute Gasteiger partial charge is 0.267 e. The Morgan fingerprint density at radius 1 is 1.36 bits per heavy atom. The Labute approximate surface area is 166 Å². The van der Waals surface area contributed by atoms with Crippen molar-refractivity contribution >= 4 is 17.8 Å². The van der Waals surface area contributed by atoms with Gasteiger partial charge in [0.15, 0.2) is 0 Å². The maximum atomic E-state index is 11.1. The Morgan fingerprint density at radius 3 is 2.79 bits per heavy atom. The monoisotopic (exact) mass is 386 g/mol. The van der Waals surface area contributed by atoms with E-state index in [-0.39, 0.29) is 0 Å². The number of hydrazone groups is 1. The summed E-state index contributed by atoms with van der Waals surface area (Å²) in [7, 11) is 0. The van der Waals surface area contributed by atoms with Gasteiger partial charge in [-0.15, -0.1) is 10.2 Å². The summed E-state index contributed by atoms with van der Waals surface area (Å²) in [4.78, 5) is 13.5. The molecule has 1 aromatic carbocycles. The third-order valence-corrected chi connectivity index (χ3v) is 5.11. The zero-order valence-electron chi connectivity index (χ0n) is 16.4. The quantitative estimate of drug-likeness (QED) is 0.279. The molecule has 3 rings (SSSR count). The summed E-state index contributed by atoms with van der Waals surface area (Å²) < 4.78 is 0. The third-order valence-electron chi connectivity index (χ3n) is 5.11. The Morgan fingerprint density at radius 2 is 2.14 bits per heavy atom. The van der Waals surface area contributed by atoms with E-state index in [2.05, 4.69) is 40.0 Å². The highest BCUT2D eigenvalue weighted by atomic mass is 16.5. The Balaban J connectivity index is 1.47. The van der Waals surface area contributed by atoms with Crippen LogP contribution in [0.2, 0.25) is 0 Å². The summed E-state index contributed by atoms with van der Waals surface area (Å²) in [6.07, 6.45) is 8.70. The molecule has 0 bridgehead atoms. The van der Waals surface area contributed by atoms with Gasteiger partial charge in [-0.05, 0) is 43.0 Å². The van der Waals surface area contributed by atoms with Gasteiger partial charge in [-0.25, -0.2) is 11.0 Å². The fraction of sp³-hybridized carbons (Fsp3) is 0.500. The van der Waals surface area contributed by atoms with Crippen molar-refractivity contribution in [2.24, 2.45) is 5.10 Å². The summed E-state index contributed by atoms with van der Waals surface area (Å²) in [5, 5.41) is 15.0. The minimum Gasteiger partial charge on any atom is -0.299 e. The number of benzene rings is 1. The predicted molar refractivity (Wildman–Crippen MR) is 109 cm³/mol. The molecule has 0 aromatic heterocycles. The fourth-order valence-electron chi connectivity index (χ4n) is 3.28. The molecule has 28 heavy (non-hydrogen) atoms. The van der Waals surface area contributed by atoms with Crippen molar-refractivity contribution in [1.29, 1.82) is 0 Å². The molecule has 2 aliphatic rings. The first kappa shape index (κ1) is 20.3. The van der Waals surface area contributed by atoms with E-state index in [9.17, 15) is 4.79 Å². The zero-order valence-corrected chi connectivity index (χ0v) is 16.4. The van der Waals surface area contributed by atoms with Gasteiger partial charge in [0, 0.05) is 25.6 Å². The number of nitrogens with zero attached hydrogens (tertiary/aromatic N) is 3. The maximum Gasteiger partial charge on any atom is 0.267 e. The number of carbonyl (C=O) groups is 1. The van der Waals surface area contributed by atoms with E-state index in [4.69, 9.17) is 5.21 Å². The minimum atomic E-state index is -0.535. The van der Waals surface area contributed by atoms with Gasteiger partial charge >= 0.3 is 0 Å². The van der Waals surface area contributed by atoms with Crippen LogP contribution in [0.15, 0.2) is 35.4 Å². The number of amides is 1. The number of nitrogens with one attached hydrogen (secondary N) is 3. The van der Waals surface area contributed by atoms with Crippen molar-refractivity contribution in [3.05, 3.63) is 41.5 Å². The lowest BCUT2D eigenvalue weighted by Gasteiger charge is -2.33. The molecule has 8 heteroatoms. The summed E-state index contributed by atoms with van der Waals surface area (Å²) in [5.41, 5.74) is 10.2. The van der Waals surface area contributed by atoms with Crippen LogP contribution < -0.4 is 16.4 Å². The first-order valence-corrected chi connectivity index (χ1v) is 9.99. The van der Waals surface area contributed by atoms with Crippen LogP contribution in [0, 0.1) is 0 Å². The summed E-state index contributed by atoms with van der Waals surface area (Å²) in [6.45, 7) is 5.05. The van der Waals surface area contributed by atoms with Crippen molar-refractivity contribution in [3.63, 3.8) is 0 Å². The van der Waals surface area contributed by atoms with Crippen molar-refractivity contribution in [3.8, 4) is 0 Å². The molecule has 1 aliphatic carbocycles. The molecule has 1 fully saturated rings. The number of hydrogen-bond donors (Lipinski definition) is 4. The van der Waals surface area contributed by atoms with Crippen LogP contribution >= 0.6 is 0 Å². The minimum absolute atomic E-state index is 0.535. The molecular formula is C20H30N6O2. The van der Waals surface area contributed by atoms with Crippen LogP contribution in [-0.4, -0.2) is 46.1 Å². The van der Waals surface area contributed by atoms with Crippen LogP contribution in [0.5, 0.6) is 0 Å². The summed E-state index contributed by atoms with van der Waals surface area (Å²) in [6, 6.07) is 8.66. The molecule has 1 amide bonds. The molecule has 0 saturated heterocycles. The van der Waals surface area contributed by atoms with Gasteiger partial charge < -0.3 is 0 Å². The summed E-state index contributed by atoms with van der Waals surface area (Å²) >= 11 is 0. The average Bonchev–Trinajstić information content (AvgIpc) is 3.12. The molecule has 1 heterocycles. The molecule has 1 aliphatic heterocycles. The second-order valence-corrected chi connectivity index (χ2v) is 7.30. The van der Waals surface area contributed by atoms with Gasteiger partial charge in [-0.1, -0.05) is 37.6 Å². The van der Waals surface area contributed by atoms with E-state index in [1.54, 1.807) is 11.6 Å². The molecule has 0 atom stereocenters. The van der Waals surface area contributed by atoms with Gasteiger partial charge in [-0.2, -0.15) is 0 Å². The van der Waals surface area contributed by atoms with Crippen LogP contribution in [0.4, 0.5) is 0 Å². The van der Waals surface area contributed by atoms with Gasteiger partial charge in [0.1, 0.15) is 5.84 Å². The highest BCUT2D eigenvalue weighted by molar-refractivity contribution is 5.90. The highest BCUT2D eigenvalue weighted by Gasteiger charge is 2.28. The van der Waals surface area contributed by atoms with Crippen molar-refractivity contribution in [1.82, 2.24) is 26.5 Å². The molecule has 0 spiro atoms. The molecule has 1 aromatic rings. The highest BCUT2D eigenvalue weighted by Crippen LogP contribution is 2.23. The Kier molecular flexibility index (Phi) is 7.41. The lowest BCUT2D eigenvalue weighted by atomic mass is 9.93. The van der Waals surface area contributed by atoms with Gasteiger partial charge in [-0.3, -0.25) is 20.3 Å². The van der Waals surface area contributed by atoms with E-state index in [1.165, 1.54) is 30.9 Å². The molecular weight excluding hydrogens is 356 g/mol.